The third-order valence-corrected chi connectivity index (χ3v) is 6.63. The Morgan fingerprint density at radius 1 is 1.15 bits per heavy atom. The highest BCUT2D eigenvalue weighted by atomic mass is 19.4. The van der Waals surface area contributed by atoms with Gasteiger partial charge in [-0.25, -0.2) is 0 Å². The molecule has 10 heteroatoms. The average molecular weight is 476 g/mol. The number of halogens is 3. The molecule has 2 amide bonds. The first-order valence-corrected chi connectivity index (χ1v) is 11.3. The van der Waals surface area contributed by atoms with Crippen molar-refractivity contribution in [1.82, 2.24) is 20.5 Å². The molecule has 1 saturated carbocycles. The van der Waals surface area contributed by atoms with E-state index < -0.39 is 23.2 Å². The van der Waals surface area contributed by atoms with E-state index in [1.165, 1.54) is 6.07 Å². The van der Waals surface area contributed by atoms with Crippen LogP contribution >= 0.6 is 0 Å². The second-order valence-corrected chi connectivity index (χ2v) is 8.98. The van der Waals surface area contributed by atoms with Gasteiger partial charge in [-0.1, -0.05) is 12.1 Å². The molecule has 0 unspecified atom stereocenters. The minimum absolute atomic E-state index is 0.0444. The van der Waals surface area contributed by atoms with Gasteiger partial charge in [0, 0.05) is 42.7 Å². The molecule has 1 aromatic heterocycles. The summed E-state index contributed by atoms with van der Waals surface area (Å²) in [6, 6.07) is 8.09. The van der Waals surface area contributed by atoms with Crippen molar-refractivity contribution in [2.24, 2.45) is 0 Å². The minimum Gasteiger partial charge on any atom is -0.385 e. The summed E-state index contributed by atoms with van der Waals surface area (Å²) in [6.07, 6.45) is 1.85. The molecule has 0 spiro atoms. The number of aromatic nitrogens is 1. The monoisotopic (exact) mass is 476 g/mol. The molecule has 2 aromatic rings. The van der Waals surface area contributed by atoms with Crippen molar-refractivity contribution < 1.29 is 27.9 Å². The first-order chi connectivity index (χ1) is 16.1. The summed E-state index contributed by atoms with van der Waals surface area (Å²) in [5.74, 6) is -1.13. The van der Waals surface area contributed by atoms with Crippen molar-refractivity contribution >= 4 is 11.8 Å². The molecule has 0 bridgehead atoms. The Morgan fingerprint density at radius 2 is 1.88 bits per heavy atom. The summed E-state index contributed by atoms with van der Waals surface area (Å²) in [4.78, 5) is 30.7. The highest BCUT2D eigenvalue weighted by molar-refractivity contribution is 5.96. The molecule has 182 valence electrons. The zero-order valence-corrected chi connectivity index (χ0v) is 18.5. The topological polar surface area (TPSA) is 94.6 Å². The number of alkyl halides is 3. The zero-order valence-electron chi connectivity index (χ0n) is 18.5. The molecule has 0 atom stereocenters. The summed E-state index contributed by atoms with van der Waals surface area (Å²) in [5, 5.41) is 16.1. The molecule has 4 rings (SSSR count). The highest BCUT2D eigenvalue weighted by Gasteiger charge is 2.40. The fourth-order valence-corrected chi connectivity index (χ4v) is 4.65. The van der Waals surface area contributed by atoms with E-state index in [4.69, 9.17) is 0 Å². The van der Waals surface area contributed by atoms with E-state index in [2.05, 4.69) is 20.5 Å². The van der Waals surface area contributed by atoms with Gasteiger partial charge in [-0.2, -0.15) is 13.2 Å². The molecule has 1 aliphatic heterocycles. The Labute approximate surface area is 195 Å². The van der Waals surface area contributed by atoms with Gasteiger partial charge in [0.05, 0.1) is 23.8 Å². The van der Waals surface area contributed by atoms with E-state index in [0.29, 0.717) is 32.0 Å². The third-order valence-electron chi connectivity index (χ3n) is 6.63. The molecule has 1 saturated heterocycles. The fraction of sp³-hybridized carbons (Fsp3) is 0.458. The van der Waals surface area contributed by atoms with Crippen LogP contribution in [0.5, 0.6) is 0 Å². The summed E-state index contributed by atoms with van der Waals surface area (Å²) >= 11 is 0. The maximum Gasteiger partial charge on any atom is 0.416 e. The molecule has 7 nitrogen and oxygen atoms in total. The SMILES string of the molecule is O=C(CNC(=O)c1cccc(C(F)(F)F)c1)NC1CN([C@H]2CC[C@@](O)(c3cccnc3)CC2)C1. The van der Waals surface area contributed by atoms with Gasteiger partial charge in [-0.3, -0.25) is 19.5 Å². The first-order valence-electron chi connectivity index (χ1n) is 11.3. The van der Waals surface area contributed by atoms with Gasteiger partial charge in [0.15, 0.2) is 0 Å². The Balaban J connectivity index is 1.17. The quantitative estimate of drug-likeness (QED) is 0.596. The summed E-state index contributed by atoms with van der Waals surface area (Å²) in [6.45, 7) is 1.06. The van der Waals surface area contributed by atoms with Gasteiger partial charge in [-0.15, -0.1) is 0 Å². The zero-order chi connectivity index (χ0) is 24.3. The number of likely N-dealkylation sites (tertiary alicyclic amines) is 1. The molecular formula is C24H27F3N4O3. The number of pyridine rings is 1. The number of benzene rings is 1. The largest absolute Gasteiger partial charge is 0.416 e. The number of carbonyl (C=O) groups excluding carboxylic acids is 2. The minimum atomic E-state index is -4.54. The van der Waals surface area contributed by atoms with Crippen LogP contribution in [0.3, 0.4) is 0 Å². The van der Waals surface area contributed by atoms with Crippen LogP contribution in [-0.2, 0) is 16.6 Å². The van der Waals surface area contributed by atoms with Crippen LogP contribution in [0, 0.1) is 0 Å². The molecule has 3 N–H and O–H groups in total. The van der Waals surface area contributed by atoms with Crippen LogP contribution in [0.15, 0.2) is 48.8 Å². The van der Waals surface area contributed by atoms with E-state index in [1.807, 2.05) is 12.1 Å². The Kier molecular flexibility index (Phi) is 6.90. The van der Waals surface area contributed by atoms with E-state index in [0.717, 1.165) is 36.6 Å². The summed E-state index contributed by atoms with van der Waals surface area (Å²) in [7, 11) is 0. The van der Waals surface area contributed by atoms with Crippen LogP contribution in [0.2, 0.25) is 0 Å². The number of rotatable bonds is 6. The van der Waals surface area contributed by atoms with Gasteiger partial charge >= 0.3 is 6.18 Å². The Morgan fingerprint density at radius 3 is 2.53 bits per heavy atom. The van der Waals surface area contributed by atoms with Gasteiger partial charge in [0.2, 0.25) is 5.91 Å². The molecule has 2 heterocycles. The molecule has 2 aliphatic rings. The summed E-state index contributed by atoms with van der Waals surface area (Å²) < 4.78 is 38.4. The molecule has 1 aliphatic carbocycles. The van der Waals surface area contributed by atoms with E-state index in [-0.39, 0.29) is 24.1 Å². The maximum atomic E-state index is 12.8. The standard InChI is InChI=1S/C24H27F3N4O3/c25-24(26,27)17-4-1-3-16(11-17)22(33)29-13-21(32)30-19-14-31(15-19)20-6-8-23(34,9-7-20)18-5-2-10-28-12-18/h1-5,10-12,19-20,34H,6-9,13-15H2,(H,29,33)(H,30,32)/t20-,23-. The molecule has 1 aromatic carbocycles. The lowest BCUT2D eigenvalue weighted by molar-refractivity contribution is -0.137. The smallest absolute Gasteiger partial charge is 0.385 e. The Bertz CT molecular complexity index is 1020. The lowest BCUT2D eigenvalue weighted by atomic mass is 9.77. The predicted octanol–water partition coefficient (Wildman–Crippen LogP) is 2.46. The van der Waals surface area contributed by atoms with Crippen LogP contribution in [0.4, 0.5) is 13.2 Å². The maximum absolute atomic E-state index is 12.8. The number of hydrogen-bond donors (Lipinski definition) is 3. The van der Waals surface area contributed by atoms with Crippen LogP contribution in [-0.4, -0.2) is 58.5 Å². The number of nitrogens with one attached hydrogen (secondary N) is 2. The third kappa shape index (κ3) is 5.56. The van der Waals surface area contributed by atoms with E-state index in [1.54, 1.807) is 12.4 Å². The van der Waals surface area contributed by atoms with Crippen molar-refractivity contribution in [1.29, 1.82) is 0 Å². The van der Waals surface area contributed by atoms with Crippen molar-refractivity contribution in [2.75, 3.05) is 19.6 Å². The van der Waals surface area contributed by atoms with Gasteiger partial charge < -0.3 is 15.7 Å². The van der Waals surface area contributed by atoms with Crippen LogP contribution in [0.1, 0.15) is 47.2 Å². The number of nitrogens with zero attached hydrogens (tertiary/aromatic N) is 2. The second kappa shape index (κ2) is 9.71. The van der Waals surface area contributed by atoms with Gasteiger partial charge in [0.1, 0.15) is 0 Å². The lowest BCUT2D eigenvalue weighted by Gasteiger charge is -2.48. The number of carbonyl (C=O) groups is 2. The number of aliphatic hydroxyl groups is 1. The Hall–Kier alpha value is -2.98. The predicted molar refractivity (Wildman–Crippen MR) is 118 cm³/mol. The first kappa shape index (κ1) is 24.2. The van der Waals surface area contributed by atoms with Crippen molar-refractivity contribution in [3.05, 3.63) is 65.5 Å². The number of amides is 2. The van der Waals surface area contributed by atoms with Crippen molar-refractivity contribution in [2.45, 2.75) is 49.5 Å². The van der Waals surface area contributed by atoms with Crippen molar-refractivity contribution in [3.8, 4) is 0 Å². The number of hydrogen-bond acceptors (Lipinski definition) is 5. The fourth-order valence-electron chi connectivity index (χ4n) is 4.65. The van der Waals surface area contributed by atoms with Crippen LogP contribution < -0.4 is 10.6 Å². The van der Waals surface area contributed by atoms with Gasteiger partial charge in [-0.05, 0) is 49.9 Å². The molecule has 2 fully saturated rings. The van der Waals surface area contributed by atoms with E-state index in [9.17, 15) is 27.9 Å². The molecular weight excluding hydrogens is 449 g/mol. The second-order valence-electron chi connectivity index (χ2n) is 8.98. The highest BCUT2D eigenvalue weighted by Crippen LogP contribution is 2.39. The van der Waals surface area contributed by atoms with Crippen LogP contribution in [0.25, 0.3) is 0 Å². The van der Waals surface area contributed by atoms with Gasteiger partial charge in [0.25, 0.3) is 5.91 Å². The molecule has 34 heavy (non-hydrogen) atoms. The average Bonchev–Trinajstić information content (AvgIpc) is 2.80. The van der Waals surface area contributed by atoms with E-state index >= 15 is 0 Å². The molecule has 0 radical (unpaired) electrons. The normalized spacial score (nSPS) is 23.7. The van der Waals surface area contributed by atoms with Crippen molar-refractivity contribution in [3.63, 3.8) is 0 Å². The lowest BCUT2D eigenvalue weighted by Crippen LogP contribution is -2.63. The summed E-state index contributed by atoms with van der Waals surface area (Å²) in [5.41, 5.74) is -1.07.